The number of carbonyl (C=O) groups excluding carboxylic acids is 2. The summed E-state index contributed by atoms with van der Waals surface area (Å²) < 4.78 is 4.39. The van der Waals surface area contributed by atoms with Crippen molar-refractivity contribution in [1.29, 1.82) is 0 Å². The van der Waals surface area contributed by atoms with E-state index in [4.69, 9.17) is 0 Å². The third-order valence-electron chi connectivity index (χ3n) is 2.83. The van der Waals surface area contributed by atoms with E-state index in [0.29, 0.717) is 5.92 Å². The Morgan fingerprint density at radius 1 is 1.31 bits per heavy atom. The first kappa shape index (κ1) is 10.2. The van der Waals surface area contributed by atoms with E-state index in [1.807, 2.05) is 0 Å². The molecule has 0 aliphatic heterocycles. The molecule has 1 aliphatic carbocycles. The molecule has 0 heterocycles. The van der Waals surface area contributed by atoms with Crippen LogP contribution in [0.15, 0.2) is 0 Å². The fourth-order valence-corrected chi connectivity index (χ4v) is 1.98. The van der Waals surface area contributed by atoms with Crippen molar-refractivity contribution in [1.82, 2.24) is 0 Å². The monoisotopic (exact) mass is 184 g/mol. The van der Waals surface area contributed by atoms with E-state index in [0.717, 1.165) is 19.3 Å². The van der Waals surface area contributed by atoms with Gasteiger partial charge in [-0.15, -0.1) is 0 Å². The number of hydrogen-bond acceptors (Lipinski definition) is 3. The van der Waals surface area contributed by atoms with Crippen molar-refractivity contribution >= 4 is 12.4 Å². The van der Waals surface area contributed by atoms with Gasteiger partial charge in [-0.25, -0.2) is 0 Å². The molecule has 0 saturated heterocycles. The normalized spacial score (nSPS) is 29.0. The standard InChI is InChI=1S/C10H16O3/c1-8-5-3-2-4-6-9(8)10(12)13-7-11/h7-9H,2-6H2,1H3. The Morgan fingerprint density at radius 2 is 2.00 bits per heavy atom. The Bertz CT molecular complexity index is 189. The van der Waals surface area contributed by atoms with Gasteiger partial charge in [0.1, 0.15) is 0 Å². The molecule has 3 nitrogen and oxygen atoms in total. The second-order valence-corrected chi connectivity index (χ2v) is 3.75. The zero-order valence-electron chi connectivity index (χ0n) is 7.99. The van der Waals surface area contributed by atoms with E-state index in [9.17, 15) is 9.59 Å². The molecule has 0 radical (unpaired) electrons. The number of hydrogen-bond donors (Lipinski definition) is 0. The summed E-state index contributed by atoms with van der Waals surface area (Å²) in [5.74, 6) is -0.0490. The van der Waals surface area contributed by atoms with E-state index in [1.165, 1.54) is 12.8 Å². The van der Waals surface area contributed by atoms with Crippen molar-refractivity contribution < 1.29 is 14.3 Å². The van der Waals surface area contributed by atoms with Gasteiger partial charge in [0, 0.05) is 0 Å². The van der Waals surface area contributed by atoms with Crippen molar-refractivity contribution in [2.24, 2.45) is 11.8 Å². The highest BCUT2D eigenvalue weighted by atomic mass is 16.6. The molecule has 0 amide bonds. The largest absolute Gasteiger partial charge is 0.395 e. The average Bonchev–Trinajstić information content (AvgIpc) is 2.30. The third kappa shape index (κ3) is 2.83. The predicted octanol–water partition coefficient (Wildman–Crippen LogP) is 1.90. The highest BCUT2D eigenvalue weighted by Gasteiger charge is 2.27. The summed E-state index contributed by atoms with van der Waals surface area (Å²) in [6.45, 7) is 2.29. The maximum atomic E-state index is 11.3. The van der Waals surface area contributed by atoms with Gasteiger partial charge in [0.2, 0.25) is 0 Å². The molecular weight excluding hydrogens is 168 g/mol. The van der Waals surface area contributed by atoms with Crippen LogP contribution in [0.3, 0.4) is 0 Å². The van der Waals surface area contributed by atoms with Crippen LogP contribution >= 0.6 is 0 Å². The summed E-state index contributed by atoms with van der Waals surface area (Å²) in [4.78, 5) is 21.3. The minimum Gasteiger partial charge on any atom is -0.395 e. The average molecular weight is 184 g/mol. The Kier molecular flexibility index (Phi) is 3.93. The van der Waals surface area contributed by atoms with E-state index in [-0.39, 0.29) is 18.4 Å². The van der Waals surface area contributed by atoms with Gasteiger partial charge in [-0.3, -0.25) is 9.59 Å². The first-order valence-electron chi connectivity index (χ1n) is 4.90. The number of esters is 1. The lowest BCUT2D eigenvalue weighted by Crippen LogP contribution is -2.22. The molecule has 2 unspecified atom stereocenters. The van der Waals surface area contributed by atoms with Gasteiger partial charge < -0.3 is 4.74 Å². The summed E-state index contributed by atoms with van der Waals surface area (Å²) in [5.41, 5.74) is 0. The van der Waals surface area contributed by atoms with Crippen LogP contribution in [0.25, 0.3) is 0 Å². The SMILES string of the molecule is CC1CCCCCC1C(=O)OC=O. The molecule has 0 aromatic heterocycles. The first-order valence-corrected chi connectivity index (χ1v) is 4.90. The Morgan fingerprint density at radius 3 is 2.69 bits per heavy atom. The minimum absolute atomic E-state index is 0.0623. The molecule has 1 aliphatic rings. The Hall–Kier alpha value is -0.860. The van der Waals surface area contributed by atoms with Crippen LogP contribution in [0.2, 0.25) is 0 Å². The Balaban J connectivity index is 2.53. The lowest BCUT2D eigenvalue weighted by molar-refractivity contribution is -0.156. The molecule has 0 bridgehead atoms. The number of carbonyl (C=O) groups is 2. The van der Waals surface area contributed by atoms with Crippen LogP contribution in [-0.2, 0) is 14.3 Å². The molecule has 2 atom stereocenters. The number of rotatable bonds is 2. The van der Waals surface area contributed by atoms with Gasteiger partial charge in [-0.1, -0.05) is 26.2 Å². The van der Waals surface area contributed by atoms with Crippen molar-refractivity contribution in [3.8, 4) is 0 Å². The smallest absolute Gasteiger partial charge is 0.316 e. The number of ether oxygens (including phenoxy) is 1. The van der Waals surface area contributed by atoms with Gasteiger partial charge in [0.15, 0.2) is 0 Å². The van der Waals surface area contributed by atoms with Crippen LogP contribution in [0.1, 0.15) is 39.0 Å². The van der Waals surface area contributed by atoms with Crippen molar-refractivity contribution in [3.63, 3.8) is 0 Å². The van der Waals surface area contributed by atoms with Crippen molar-refractivity contribution in [3.05, 3.63) is 0 Å². The minimum atomic E-state index is -0.343. The molecular formula is C10H16O3. The van der Waals surface area contributed by atoms with Crippen molar-refractivity contribution in [2.75, 3.05) is 0 Å². The lowest BCUT2D eigenvalue weighted by Gasteiger charge is -2.17. The van der Waals surface area contributed by atoms with Crippen molar-refractivity contribution in [2.45, 2.75) is 39.0 Å². The second-order valence-electron chi connectivity index (χ2n) is 3.75. The van der Waals surface area contributed by atoms with Gasteiger partial charge in [-0.2, -0.15) is 0 Å². The summed E-state index contributed by atoms with van der Waals surface area (Å²) in [7, 11) is 0. The van der Waals surface area contributed by atoms with E-state index < -0.39 is 0 Å². The maximum Gasteiger partial charge on any atom is 0.316 e. The lowest BCUT2D eigenvalue weighted by atomic mass is 9.90. The zero-order chi connectivity index (χ0) is 9.68. The molecule has 74 valence electrons. The van der Waals surface area contributed by atoms with E-state index in [2.05, 4.69) is 11.7 Å². The van der Waals surface area contributed by atoms with Gasteiger partial charge in [-0.05, 0) is 18.8 Å². The fraction of sp³-hybridized carbons (Fsp3) is 0.800. The molecule has 13 heavy (non-hydrogen) atoms. The van der Waals surface area contributed by atoms with Gasteiger partial charge >= 0.3 is 12.4 Å². The van der Waals surface area contributed by atoms with Crippen LogP contribution in [0.4, 0.5) is 0 Å². The summed E-state index contributed by atoms with van der Waals surface area (Å²) in [6, 6.07) is 0. The van der Waals surface area contributed by atoms with Crippen LogP contribution in [-0.4, -0.2) is 12.4 Å². The fourth-order valence-electron chi connectivity index (χ4n) is 1.98. The predicted molar refractivity (Wildman–Crippen MR) is 47.9 cm³/mol. The molecule has 0 aromatic rings. The van der Waals surface area contributed by atoms with Crippen LogP contribution in [0, 0.1) is 11.8 Å². The third-order valence-corrected chi connectivity index (χ3v) is 2.83. The molecule has 0 aromatic carbocycles. The molecule has 1 fully saturated rings. The molecule has 1 rings (SSSR count). The second kappa shape index (κ2) is 5.00. The van der Waals surface area contributed by atoms with E-state index in [1.54, 1.807) is 0 Å². The highest BCUT2D eigenvalue weighted by molar-refractivity contribution is 5.78. The summed E-state index contributed by atoms with van der Waals surface area (Å²) in [6.07, 6.45) is 5.39. The quantitative estimate of drug-likeness (QED) is 0.285. The van der Waals surface area contributed by atoms with Gasteiger partial charge in [0.05, 0.1) is 5.92 Å². The van der Waals surface area contributed by atoms with Gasteiger partial charge in [0.25, 0.3) is 0 Å². The summed E-state index contributed by atoms with van der Waals surface area (Å²) >= 11 is 0. The zero-order valence-corrected chi connectivity index (χ0v) is 7.99. The maximum absolute atomic E-state index is 11.3. The first-order chi connectivity index (χ1) is 6.25. The molecule has 0 spiro atoms. The topological polar surface area (TPSA) is 43.4 Å². The molecule has 0 N–H and O–H groups in total. The molecule has 1 saturated carbocycles. The Labute approximate surface area is 78.5 Å². The highest BCUT2D eigenvalue weighted by Crippen LogP contribution is 2.28. The summed E-state index contributed by atoms with van der Waals surface area (Å²) in [5, 5.41) is 0. The van der Waals surface area contributed by atoms with E-state index >= 15 is 0 Å². The molecule has 3 heteroatoms. The van der Waals surface area contributed by atoms with Crippen LogP contribution in [0.5, 0.6) is 0 Å². The van der Waals surface area contributed by atoms with Crippen LogP contribution < -0.4 is 0 Å².